The van der Waals surface area contributed by atoms with Crippen LogP contribution >= 0.6 is 22.6 Å². The zero-order valence-corrected chi connectivity index (χ0v) is 9.89. The van der Waals surface area contributed by atoms with Gasteiger partial charge in [-0.25, -0.2) is 0 Å². The quantitative estimate of drug-likeness (QED) is 0.287. The molecule has 2 heteroatoms. The fourth-order valence-electron chi connectivity index (χ4n) is 1.41. The SMILES string of the molecule is ICCCCCCCCC1CO1. The Labute approximate surface area is 89.4 Å². The second-order valence-electron chi connectivity index (χ2n) is 3.55. The molecule has 0 amide bonds. The summed E-state index contributed by atoms with van der Waals surface area (Å²) in [7, 11) is 0. The van der Waals surface area contributed by atoms with Crippen molar-refractivity contribution in [3.63, 3.8) is 0 Å². The van der Waals surface area contributed by atoms with Crippen LogP contribution in [0.3, 0.4) is 0 Å². The Balaban J connectivity index is 1.65. The molecule has 0 aromatic rings. The predicted molar refractivity (Wildman–Crippen MR) is 60.9 cm³/mol. The number of unbranched alkanes of at least 4 members (excludes halogenated alkanes) is 5. The van der Waals surface area contributed by atoms with E-state index in [9.17, 15) is 0 Å². The van der Waals surface area contributed by atoms with Gasteiger partial charge >= 0.3 is 0 Å². The molecular formula is C10H19IO. The summed E-state index contributed by atoms with van der Waals surface area (Å²) in [4.78, 5) is 0. The summed E-state index contributed by atoms with van der Waals surface area (Å²) in [5.74, 6) is 0. The van der Waals surface area contributed by atoms with E-state index in [1.165, 1.54) is 49.4 Å². The number of hydrogen-bond acceptors (Lipinski definition) is 1. The number of hydrogen-bond donors (Lipinski definition) is 0. The molecule has 72 valence electrons. The molecule has 1 aliphatic heterocycles. The van der Waals surface area contributed by atoms with Crippen molar-refractivity contribution < 1.29 is 4.74 Å². The lowest BCUT2D eigenvalue weighted by molar-refractivity contribution is 0.387. The molecule has 0 saturated carbocycles. The van der Waals surface area contributed by atoms with Crippen molar-refractivity contribution in [2.45, 2.75) is 51.0 Å². The molecule has 0 spiro atoms. The largest absolute Gasteiger partial charge is 0.373 e. The minimum Gasteiger partial charge on any atom is -0.373 e. The fraction of sp³-hybridized carbons (Fsp3) is 1.00. The van der Waals surface area contributed by atoms with Crippen molar-refractivity contribution in [3.05, 3.63) is 0 Å². The lowest BCUT2D eigenvalue weighted by Gasteiger charge is -1.98. The van der Waals surface area contributed by atoms with E-state index < -0.39 is 0 Å². The van der Waals surface area contributed by atoms with Crippen molar-refractivity contribution in [2.24, 2.45) is 0 Å². The van der Waals surface area contributed by atoms with Gasteiger partial charge in [0.05, 0.1) is 12.7 Å². The summed E-state index contributed by atoms with van der Waals surface area (Å²) in [6.45, 7) is 1.04. The Kier molecular flexibility index (Phi) is 6.40. The van der Waals surface area contributed by atoms with Gasteiger partial charge in [0.1, 0.15) is 0 Å². The molecule has 1 rings (SSSR count). The van der Waals surface area contributed by atoms with Gasteiger partial charge in [0.2, 0.25) is 0 Å². The summed E-state index contributed by atoms with van der Waals surface area (Å²) in [5, 5.41) is 0. The number of rotatable bonds is 8. The van der Waals surface area contributed by atoms with Crippen molar-refractivity contribution in [1.29, 1.82) is 0 Å². The highest BCUT2D eigenvalue weighted by Gasteiger charge is 2.20. The third-order valence-electron chi connectivity index (χ3n) is 2.31. The molecule has 0 bridgehead atoms. The van der Waals surface area contributed by atoms with Crippen molar-refractivity contribution in [3.8, 4) is 0 Å². The maximum Gasteiger partial charge on any atom is 0.0810 e. The molecule has 1 saturated heterocycles. The van der Waals surface area contributed by atoms with Gasteiger partial charge in [-0.1, -0.05) is 54.7 Å². The van der Waals surface area contributed by atoms with Gasteiger partial charge in [-0.3, -0.25) is 0 Å². The van der Waals surface area contributed by atoms with Gasteiger partial charge in [0, 0.05) is 0 Å². The van der Waals surface area contributed by atoms with Gasteiger partial charge in [-0.05, 0) is 17.3 Å². The van der Waals surface area contributed by atoms with E-state index in [-0.39, 0.29) is 0 Å². The van der Waals surface area contributed by atoms with Gasteiger partial charge in [-0.2, -0.15) is 0 Å². The molecule has 0 aromatic heterocycles. The third-order valence-corrected chi connectivity index (χ3v) is 3.07. The second kappa shape index (κ2) is 7.13. The Hall–Kier alpha value is 0.690. The smallest absolute Gasteiger partial charge is 0.0810 e. The van der Waals surface area contributed by atoms with Crippen molar-refractivity contribution >= 4 is 22.6 Å². The fourth-order valence-corrected chi connectivity index (χ4v) is 1.95. The standard InChI is InChI=1S/C10H19IO/c11-8-6-4-2-1-3-5-7-10-9-12-10/h10H,1-9H2. The summed E-state index contributed by atoms with van der Waals surface area (Å²) in [6.07, 6.45) is 10.5. The highest BCUT2D eigenvalue weighted by atomic mass is 127. The maximum atomic E-state index is 5.15. The van der Waals surface area contributed by atoms with Crippen molar-refractivity contribution in [1.82, 2.24) is 0 Å². The van der Waals surface area contributed by atoms with Crippen molar-refractivity contribution in [2.75, 3.05) is 11.0 Å². The van der Waals surface area contributed by atoms with E-state index in [1.807, 2.05) is 0 Å². The van der Waals surface area contributed by atoms with Crippen LogP contribution in [0.2, 0.25) is 0 Å². The van der Waals surface area contributed by atoms with Crippen LogP contribution in [0.4, 0.5) is 0 Å². The highest BCUT2D eigenvalue weighted by molar-refractivity contribution is 14.1. The van der Waals surface area contributed by atoms with E-state index >= 15 is 0 Å². The molecule has 1 unspecified atom stereocenters. The third kappa shape index (κ3) is 6.23. The summed E-state index contributed by atoms with van der Waals surface area (Å²) < 4.78 is 6.48. The lowest BCUT2D eigenvalue weighted by atomic mass is 10.1. The Morgan fingerprint density at radius 1 is 1.00 bits per heavy atom. The van der Waals surface area contributed by atoms with E-state index in [1.54, 1.807) is 0 Å². The van der Waals surface area contributed by atoms with E-state index in [2.05, 4.69) is 22.6 Å². The molecular weight excluding hydrogens is 263 g/mol. The number of epoxide rings is 1. The molecule has 1 atom stereocenters. The van der Waals surface area contributed by atoms with Gasteiger partial charge in [0.15, 0.2) is 0 Å². The Morgan fingerprint density at radius 3 is 2.17 bits per heavy atom. The van der Waals surface area contributed by atoms with Crippen LogP contribution in [0, 0.1) is 0 Å². The van der Waals surface area contributed by atoms with Crippen LogP contribution in [0.5, 0.6) is 0 Å². The molecule has 0 aliphatic carbocycles. The monoisotopic (exact) mass is 282 g/mol. The summed E-state index contributed by atoms with van der Waals surface area (Å²) in [6, 6.07) is 0. The first-order valence-corrected chi connectivity index (χ1v) is 6.63. The molecule has 0 radical (unpaired) electrons. The van der Waals surface area contributed by atoms with E-state index in [0.717, 1.165) is 6.61 Å². The van der Waals surface area contributed by atoms with Crippen LogP contribution in [0.1, 0.15) is 44.9 Å². The lowest BCUT2D eigenvalue weighted by Crippen LogP contribution is -1.85. The molecule has 0 aromatic carbocycles. The average molecular weight is 282 g/mol. The zero-order valence-electron chi connectivity index (χ0n) is 7.73. The summed E-state index contributed by atoms with van der Waals surface area (Å²) in [5.41, 5.74) is 0. The van der Waals surface area contributed by atoms with Gasteiger partial charge < -0.3 is 4.74 Å². The van der Waals surface area contributed by atoms with Crippen LogP contribution in [0.25, 0.3) is 0 Å². The Morgan fingerprint density at radius 2 is 1.58 bits per heavy atom. The molecule has 1 heterocycles. The minimum absolute atomic E-state index is 0.652. The van der Waals surface area contributed by atoms with Crippen LogP contribution in [0.15, 0.2) is 0 Å². The predicted octanol–water partition coefficient (Wildman–Crippen LogP) is 3.55. The van der Waals surface area contributed by atoms with Crippen LogP contribution < -0.4 is 0 Å². The summed E-state index contributed by atoms with van der Waals surface area (Å²) >= 11 is 2.46. The number of ether oxygens (including phenoxy) is 1. The van der Waals surface area contributed by atoms with Gasteiger partial charge in [0.25, 0.3) is 0 Å². The molecule has 1 nitrogen and oxygen atoms in total. The van der Waals surface area contributed by atoms with Crippen LogP contribution in [-0.4, -0.2) is 17.1 Å². The molecule has 1 fully saturated rings. The average Bonchev–Trinajstić information content (AvgIpc) is 2.87. The first-order valence-electron chi connectivity index (χ1n) is 5.11. The first kappa shape index (κ1) is 10.8. The first-order chi connectivity index (χ1) is 5.93. The molecule has 1 aliphatic rings. The van der Waals surface area contributed by atoms with Crippen LogP contribution in [-0.2, 0) is 4.74 Å². The highest BCUT2D eigenvalue weighted by Crippen LogP contribution is 2.17. The number of halogens is 1. The Bertz CT molecular complexity index is 102. The number of alkyl halides is 1. The van der Waals surface area contributed by atoms with E-state index in [4.69, 9.17) is 4.74 Å². The molecule has 0 N–H and O–H groups in total. The van der Waals surface area contributed by atoms with E-state index in [0.29, 0.717) is 6.10 Å². The normalized spacial score (nSPS) is 21.2. The topological polar surface area (TPSA) is 12.5 Å². The van der Waals surface area contributed by atoms with Gasteiger partial charge in [-0.15, -0.1) is 0 Å². The zero-order chi connectivity index (χ0) is 8.65. The second-order valence-corrected chi connectivity index (χ2v) is 4.63. The minimum atomic E-state index is 0.652. The maximum absolute atomic E-state index is 5.15. The molecule has 12 heavy (non-hydrogen) atoms.